The van der Waals surface area contributed by atoms with Crippen molar-refractivity contribution < 1.29 is 71.4 Å². The van der Waals surface area contributed by atoms with Crippen LogP contribution in [0.25, 0.3) is 0 Å². The zero-order valence-corrected chi connectivity index (χ0v) is 27.5. The smallest absolute Gasteiger partial charge is 0.104 e. The minimum atomic E-state index is -0.885. The van der Waals surface area contributed by atoms with E-state index in [9.17, 15) is 5.11 Å². The Balaban J connectivity index is 4.53. The highest BCUT2D eigenvalue weighted by Crippen LogP contribution is 2.02. The van der Waals surface area contributed by atoms with Crippen LogP contribution in [0.15, 0.2) is 0 Å². The molecule has 15 heteroatoms. The first-order valence-corrected chi connectivity index (χ1v) is 15.2. The molecular weight excluding hydrogens is 588 g/mol. The van der Waals surface area contributed by atoms with Crippen molar-refractivity contribution in [1.29, 1.82) is 0 Å². The van der Waals surface area contributed by atoms with Crippen LogP contribution in [0.2, 0.25) is 0 Å². The van der Waals surface area contributed by atoms with E-state index in [-0.39, 0.29) is 39.6 Å². The Morgan fingerprint density at radius 1 is 0.318 bits per heavy atom. The maximum atomic E-state index is 10.6. The lowest BCUT2D eigenvalue weighted by molar-refractivity contribution is -0.120. The van der Waals surface area contributed by atoms with Gasteiger partial charge in [-0.2, -0.15) is 0 Å². The first-order chi connectivity index (χ1) is 21.7. The van der Waals surface area contributed by atoms with Gasteiger partial charge in [-0.15, -0.1) is 0 Å². The standard InChI is InChI=1S/C29H60O15/c1-31-5-9-35-13-17-39-23-28(24-40-18-14-36-10-6-32-2)43-21-27(30)22-44-29(25-41-19-15-37-11-7-33-3)26-42-20-16-38-12-8-34-4/h27-30H,5-26H2,1-4H3. The Bertz CT molecular complexity index is 455. The van der Waals surface area contributed by atoms with Gasteiger partial charge in [0.1, 0.15) is 18.3 Å². The number of hydrogen-bond donors (Lipinski definition) is 1. The summed E-state index contributed by atoms with van der Waals surface area (Å²) in [7, 11) is 6.49. The van der Waals surface area contributed by atoms with E-state index in [0.29, 0.717) is 106 Å². The number of aliphatic hydroxyl groups excluding tert-OH is 1. The van der Waals surface area contributed by atoms with Crippen LogP contribution >= 0.6 is 0 Å². The van der Waals surface area contributed by atoms with E-state index in [2.05, 4.69) is 0 Å². The molecule has 0 amide bonds. The molecule has 0 spiro atoms. The van der Waals surface area contributed by atoms with Crippen LogP contribution in [0.5, 0.6) is 0 Å². The predicted molar refractivity (Wildman–Crippen MR) is 160 cm³/mol. The second kappa shape index (κ2) is 36.9. The highest BCUT2D eigenvalue weighted by atomic mass is 16.6. The number of methoxy groups -OCH3 is 4. The maximum Gasteiger partial charge on any atom is 0.104 e. The minimum absolute atomic E-state index is 0.0289. The molecule has 0 rings (SSSR count). The number of aliphatic hydroxyl groups is 1. The minimum Gasteiger partial charge on any atom is -0.388 e. The predicted octanol–water partition coefficient (Wildman–Crippen LogP) is -0.164. The molecular formula is C29H60O15. The fourth-order valence-electron chi connectivity index (χ4n) is 3.14. The number of rotatable bonds is 38. The molecule has 266 valence electrons. The zero-order chi connectivity index (χ0) is 32.2. The summed E-state index contributed by atoms with van der Waals surface area (Å²) >= 11 is 0. The first kappa shape index (κ1) is 43.4. The number of hydrogen-bond acceptors (Lipinski definition) is 15. The Morgan fingerprint density at radius 2 is 0.545 bits per heavy atom. The summed E-state index contributed by atoms with van der Waals surface area (Å²) < 4.78 is 76.1. The van der Waals surface area contributed by atoms with Crippen molar-refractivity contribution in [2.75, 3.05) is 174 Å². The van der Waals surface area contributed by atoms with Gasteiger partial charge in [-0.1, -0.05) is 0 Å². The third-order valence-electron chi connectivity index (χ3n) is 5.48. The summed E-state index contributed by atoms with van der Waals surface area (Å²) in [6.07, 6.45) is -1.69. The highest BCUT2D eigenvalue weighted by molar-refractivity contribution is 4.62. The molecule has 44 heavy (non-hydrogen) atoms. The molecule has 0 atom stereocenters. The third kappa shape index (κ3) is 32.8. The van der Waals surface area contributed by atoms with E-state index in [1.807, 2.05) is 0 Å². The zero-order valence-electron chi connectivity index (χ0n) is 27.5. The van der Waals surface area contributed by atoms with Crippen molar-refractivity contribution in [2.24, 2.45) is 0 Å². The van der Waals surface area contributed by atoms with Gasteiger partial charge < -0.3 is 71.4 Å². The summed E-state index contributed by atoms with van der Waals surface area (Å²) in [5.41, 5.74) is 0. The summed E-state index contributed by atoms with van der Waals surface area (Å²) in [5, 5.41) is 10.6. The van der Waals surface area contributed by atoms with Crippen LogP contribution < -0.4 is 0 Å². The van der Waals surface area contributed by atoms with Gasteiger partial charge in [0.15, 0.2) is 0 Å². The first-order valence-electron chi connectivity index (χ1n) is 15.2. The highest BCUT2D eigenvalue weighted by Gasteiger charge is 2.17. The van der Waals surface area contributed by atoms with E-state index < -0.39 is 18.3 Å². The normalized spacial score (nSPS) is 12.0. The van der Waals surface area contributed by atoms with Gasteiger partial charge in [0.25, 0.3) is 0 Å². The molecule has 0 aliphatic heterocycles. The molecule has 15 nitrogen and oxygen atoms in total. The summed E-state index contributed by atoms with van der Waals surface area (Å²) in [6, 6.07) is 0. The average Bonchev–Trinajstić information content (AvgIpc) is 3.03. The summed E-state index contributed by atoms with van der Waals surface area (Å²) in [4.78, 5) is 0. The van der Waals surface area contributed by atoms with Gasteiger partial charge in [0, 0.05) is 28.4 Å². The van der Waals surface area contributed by atoms with Crippen LogP contribution in [0, 0.1) is 0 Å². The summed E-state index contributed by atoms with van der Waals surface area (Å²) in [6.45, 7) is 8.57. The van der Waals surface area contributed by atoms with Crippen LogP contribution in [0.4, 0.5) is 0 Å². The maximum absolute atomic E-state index is 10.6. The lowest BCUT2D eigenvalue weighted by Crippen LogP contribution is -2.35. The monoisotopic (exact) mass is 648 g/mol. The molecule has 0 aliphatic carbocycles. The molecule has 0 saturated carbocycles. The molecule has 0 heterocycles. The molecule has 1 N–H and O–H groups in total. The van der Waals surface area contributed by atoms with E-state index in [4.69, 9.17) is 66.3 Å². The second-order valence-corrected chi connectivity index (χ2v) is 9.28. The van der Waals surface area contributed by atoms with Crippen molar-refractivity contribution in [3.8, 4) is 0 Å². The van der Waals surface area contributed by atoms with E-state index in [0.717, 1.165) is 0 Å². The van der Waals surface area contributed by atoms with Gasteiger partial charge in [0.05, 0.1) is 145 Å². The Morgan fingerprint density at radius 3 is 0.795 bits per heavy atom. The van der Waals surface area contributed by atoms with E-state index >= 15 is 0 Å². The van der Waals surface area contributed by atoms with E-state index in [1.54, 1.807) is 28.4 Å². The fraction of sp³-hybridized carbons (Fsp3) is 1.00. The van der Waals surface area contributed by atoms with Crippen molar-refractivity contribution in [3.63, 3.8) is 0 Å². The lowest BCUT2D eigenvalue weighted by atomic mass is 10.3. The third-order valence-corrected chi connectivity index (χ3v) is 5.48. The van der Waals surface area contributed by atoms with E-state index in [1.165, 1.54) is 0 Å². The van der Waals surface area contributed by atoms with Gasteiger partial charge in [-0.05, 0) is 0 Å². The van der Waals surface area contributed by atoms with Crippen LogP contribution in [0.1, 0.15) is 0 Å². The Hall–Kier alpha value is -0.600. The van der Waals surface area contributed by atoms with Gasteiger partial charge in [-0.3, -0.25) is 0 Å². The molecule has 0 saturated heterocycles. The van der Waals surface area contributed by atoms with Crippen molar-refractivity contribution in [3.05, 3.63) is 0 Å². The van der Waals surface area contributed by atoms with Gasteiger partial charge in [0.2, 0.25) is 0 Å². The molecule has 0 aliphatic rings. The SMILES string of the molecule is COCCOCCOCC(COCCOCCOC)OCC(O)COC(COCCOCCOC)COCCOCCOC. The molecule has 0 bridgehead atoms. The molecule has 0 aromatic rings. The van der Waals surface area contributed by atoms with Crippen molar-refractivity contribution in [2.45, 2.75) is 18.3 Å². The van der Waals surface area contributed by atoms with Crippen LogP contribution in [0.3, 0.4) is 0 Å². The molecule has 0 radical (unpaired) electrons. The Kier molecular flexibility index (Phi) is 36.4. The fourth-order valence-corrected chi connectivity index (χ4v) is 3.14. The molecule has 0 fully saturated rings. The quantitative estimate of drug-likeness (QED) is 0.0883. The van der Waals surface area contributed by atoms with Crippen LogP contribution in [-0.4, -0.2) is 197 Å². The molecule has 0 unspecified atom stereocenters. The average molecular weight is 649 g/mol. The second-order valence-electron chi connectivity index (χ2n) is 9.28. The molecule has 0 aromatic carbocycles. The van der Waals surface area contributed by atoms with Crippen molar-refractivity contribution >= 4 is 0 Å². The van der Waals surface area contributed by atoms with Crippen molar-refractivity contribution in [1.82, 2.24) is 0 Å². The summed E-state index contributed by atoms with van der Waals surface area (Å²) in [5.74, 6) is 0. The lowest BCUT2D eigenvalue weighted by Gasteiger charge is -2.23. The van der Waals surface area contributed by atoms with Gasteiger partial charge in [-0.25, -0.2) is 0 Å². The van der Waals surface area contributed by atoms with Gasteiger partial charge >= 0.3 is 0 Å². The molecule has 0 aromatic heterocycles. The largest absolute Gasteiger partial charge is 0.388 e. The Labute approximate surface area is 263 Å². The number of ether oxygens (including phenoxy) is 14. The topological polar surface area (TPSA) is 149 Å². The van der Waals surface area contributed by atoms with Crippen LogP contribution in [-0.2, 0) is 66.3 Å².